The molecule has 1 saturated carbocycles. The molecular weight excluding hydrogens is 204 g/mol. The van der Waals surface area contributed by atoms with Gasteiger partial charge in [0.2, 0.25) is 0 Å². The highest BCUT2D eigenvalue weighted by Crippen LogP contribution is 2.30. The zero-order valence-electron chi connectivity index (χ0n) is 10.0. The Bertz CT molecular complexity index is 266. The maximum atomic E-state index is 11.5. The van der Waals surface area contributed by atoms with Crippen LogP contribution in [0.5, 0.6) is 0 Å². The second-order valence-electron chi connectivity index (χ2n) is 5.37. The Kier molecular flexibility index (Phi) is 3.50. The number of nitrogens with zero attached hydrogens (tertiary/aromatic N) is 1. The fourth-order valence-corrected chi connectivity index (χ4v) is 2.40. The number of hydrogen-bond donors (Lipinski definition) is 2. The van der Waals surface area contributed by atoms with Gasteiger partial charge in [-0.25, -0.2) is 0 Å². The Hall–Kier alpha value is -0.610. The number of likely N-dealkylation sites (tertiary alicyclic amines) is 1. The van der Waals surface area contributed by atoms with E-state index in [0.29, 0.717) is 0 Å². The molecule has 4 nitrogen and oxygen atoms in total. The van der Waals surface area contributed by atoms with E-state index in [9.17, 15) is 9.90 Å². The zero-order valence-corrected chi connectivity index (χ0v) is 10.0. The molecule has 2 aliphatic rings. The van der Waals surface area contributed by atoms with Crippen LogP contribution in [0.1, 0.15) is 32.1 Å². The van der Waals surface area contributed by atoms with E-state index in [0.717, 1.165) is 44.8 Å². The number of nitrogens with one attached hydrogen (secondary N) is 1. The van der Waals surface area contributed by atoms with E-state index in [1.54, 1.807) is 0 Å². The lowest BCUT2D eigenvalue weighted by molar-refractivity contribution is -0.145. The molecule has 2 rings (SSSR count). The Labute approximate surface area is 97.0 Å². The van der Waals surface area contributed by atoms with Crippen molar-refractivity contribution in [2.24, 2.45) is 5.92 Å². The molecule has 92 valence electrons. The smallest absolute Gasteiger partial charge is 0.323 e. The third kappa shape index (κ3) is 2.74. The van der Waals surface area contributed by atoms with Crippen molar-refractivity contribution in [2.75, 3.05) is 26.7 Å². The van der Waals surface area contributed by atoms with Gasteiger partial charge in [0.1, 0.15) is 5.54 Å². The van der Waals surface area contributed by atoms with Gasteiger partial charge >= 0.3 is 5.97 Å². The minimum absolute atomic E-state index is 0.659. The van der Waals surface area contributed by atoms with Crippen molar-refractivity contribution in [3.63, 3.8) is 0 Å². The van der Waals surface area contributed by atoms with E-state index >= 15 is 0 Å². The molecule has 2 N–H and O–H groups in total. The predicted octanol–water partition coefficient (Wildman–Crippen LogP) is 0.925. The first-order valence-corrected chi connectivity index (χ1v) is 6.29. The van der Waals surface area contributed by atoms with Crippen LogP contribution < -0.4 is 5.32 Å². The molecule has 2 fully saturated rings. The molecule has 0 aromatic rings. The molecule has 0 aromatic heterocycles. The molecule has 0 amide bonds. The highest BCUT2D eigenvalue weighted by molar-refractivity contribution is 5.78. The highest BCUT2D eigenvalue weighted by Gasteiger charge is 2.40. The molecule has 1 atom stereocenters. The standard InChI is InChI=1S/C12H22N2O2/c1-14-7-2-5-12(6-8-14,11(15)16)13-9-10-3-4-10/h10,13H,2-9H2,1H3,(H,15,16). The molecule has 0 radical (unpaired) electrons. The quantitative estimate of drug-likeness (QED) is 0.748. The molecule has 0 spiro atoms. The molecular formula is C12H22N2O2. The van der Waals surface area contributed by atoms with Crippen molar-refractivity contribution in [3.05, 3.63) is 0 Å². The lowest BCUT2D eigenvalue weighted by Crippen LogP contribution is -2.53. The normalized spacial score (nSPS) is 32.3. The summed E-state index contributed by atoms with van der Waals surface area (Å²) < 4.78 is 0. The van der Waals surface area contributed by atoms with Gasteiger partial charge in [-0.2, -0.15) is 0 Å². The Morgan fingerprint density at radius 2 is 2.19 bits per heavy atom. The average Bonchev–Trinajstić information content (AvgIpc) is 3.03. The maximum Gasteiger partial charge on any atom is 0.323 e. The van der Waals surface area contributed by atoms with Crippen molar-refractivity contribution < 1.29 is 9.90 Å². The van der Waals surface area contributed by atoms with Gasteiger partial charge in [0.05, 0.1) is 0 Å². The topological polar surface area (TPSA) is 52.6 Å². The molecule has 4 heteroatoms. The van der Waals surface area contributed by atoms with E-state index in [-0.39, 0.29) is 0 Å². The number of carbonyl (C=O) groups is 1. The Morgan fingerprint density at radius 3 is 2.81 bits per heavy atom. The zero-order chi connectivity index (χ0) is 11.6. The van der Waals surface area contributed by atoms with Crippen LogP contribution in [0.15, 0.2) is 0 Å². The average molecular weight is 226 g/mol. The van der Waals surface area contributed by atoms with Gasteiger partial charge < -0.3 is 15.3 Å². The Morgan fingerprint density at radius 1 is 1.44 bits per heavy atom. The first kappa shape index (κ1) is 11.9. The number of carboxylic acid groups (broad SMARTS) is 1. The third-order valence-corrected chi connectivity index (χ3v) is 3.90. The van der Waals surface area contributed by atoms with Crippen molar-refractivity contribution >= 4 is 5.97 Å². The van der Waals surface area contributed by atoms with Crippen molar-refractivity contribution in [1.82, 2.24) is 10.2 Å². The molecule has 16 heavy (non-hydrogen) atoms. The molecule has 1 heterocycles. The molecule has 1 aliphatic carbocycles. The first-order valence-electron chi connectivity index (χ1n) is 6.29. The second-order valence-corrected chi connectivity index (χ2v) is 5.37. The lowest BCUT2D eigenvalue weighted by atomic mass is 9.90. The molecule has 1 aliphatic heterocycles. The number of hydrogen-bond acceptors (Lipinski definition) is 3. The SMILES string of the molecule is CN1CCCC(NCC2CC2)(C(=O)O)CC1. The largest absolute Gasteiger partial charge is 0.480 e. The van der Waals surface area contributed by atoms with E-state index in [1.807, 2.05) is 0 Å². The van der Waals surface area contributed by atoms with Crippen LogP contribution in [0, 0.1) is 5.92 Å². The summed E-state index contributed by atoms with van der Waals surface area (Å²) in [5.74, 6) is 0.0701. The van der Waals surface area contributed by atoms with Gasteiger partial charge in [-0.3, -0.25) is 4.79 Å². The fourth-order valence-electron chi connectivity index (χ4n) is 2.40. The van der Waals surface area contributed by atoms with Crippen LogP contribution in [-0.2, 0) is 4.79 Å². The van der Waals surface area contributed by atoms with Crippen LogP contribution in [0.3, 0.4) is 0 Å². The van der Waals surface area contributed by atoms with Crippen LogP contribution in [0.4, 0.5) is 0 Å². The van der Waals surface area contributed by atoms with Gasteiger partial charge in [-0.1, -0.05) is 0 Å². The van der Waals surface area contributed by atoms with E-state index < -0.39 is 11.5 Å². The van der Waals surface area contributed by atoms with Crippen LogP contribution in [0.2, 0.25) is 0 Å². The molecule has 0 aromatic carbocycles. The van der Waals surface area contributed by atoms with Crippen LogP contribution >= 0.6 is 0 Å². The van der Waals surface area contributed by atoms with Crippen molar-refractivity contribution in [3.8, 4) is 0 Å². The molecule has 1 saturated heterocycles. The van der Waals surface area contributed by atoms with E-state index in [1.165, 1.54) is 12.8 Å². The van der Waals surface area contributed by atoms with Crippen molar-refractivity contribution in [2.45, 2.75) is 37.6 Å². The van der Waals surface area contributed by atoms with Gasteiger partial charge in [-0.05, 0) is 58.2 Å². The minimum atomic E-state index is -0.663. The first-order chi connectivity index (χ1) is 7.62. The summed E-state index contributed by atoms with van der Waals surface area (Å²) in [7, 11) is 2.07. The summed E-state index contributed by atoms with van der Waals surface area (Å²) in [6, 6.07) is 0. The second kappa shape index (κ2) is 4.72. The van der Waals surface area contributed by atoms with Gasteiger partial charge in [0, 0.05) is 6.54 Å². The predicted molar refractivity (Wildman–Crippen MR) is 62.4 cm³/mol. The third-order valence-electron chi connectivity index (χ3n) is 3.90. The van der Waals surface area contributed by atoms with E-state index in [4.69, 9.17) is 0 Å². The molecule has 1 unspecified atom stereocenters. The maximum absolute atomic E-state index is 11.5. The number of rotatable bonds is 4. The monoisotopic (exact) mass is 226 g/mol. The summed E-state index contributed by atoms with van der Waals surface area (Å²) in [5, 5.41) is 12.8. The highest BCUT2D eigenvalue weighted by atomic mass is 16.4. The summed E-state index contributed by atoms with van der Waals surface area (Å²) in [6.45, 7) is 2.78. The minimum Gasteiger partial charge on any atom is -0.480 e. The summed E-state index contributed by atoms with van der Waals surface area (Å²) in [6.07, 6.45) is 5.00. The fraction of sp³-hybridized carbons (Fsp3) is 0.917. The van der Waals surface area contributed by atoms with Gasteiger partial charge in [0.15, 0.2) is 0 Å². The lowest BCUT2D eigenvalue weighted by Gasteiger charge is -2.29. The van der Waals surface area contributed by atoms with E-state index in [2.05, 4.69) is 17.3 Å². The van der Waals surface area contributed by atoms with Gasteiger partial charge in [-0.15, -0.1) is 0 Å². The van der Waals surface area contributed by atoms with Crippen molar-refractivity contribution in [1.29, 1.82) is 0 Å². The number of carboxylic acids is 1. The summed E-state index contributed by atoms with van der Waals surface area (Å²) >= 11 is 0. The van der Waals surface area contributed by atoms with Crippen LogP contribution in [0.25, 0.3) is 0 Å². The Balaban J connectivity index is 1.97. The molecule has 0 bridgehead atoms. The summed E-state index contributed by atoms with van der Waals surface area (Å²) in [4.78, 5) is 13.7. The summed E-state index contributed by atoms with van der Waals surface area (Å²) in [5.41, 5.74) is -0.659. The van der Waals surface area contributed by atoms with Gasteiger partial charge in [0.25, 0.3) is 0 Å². The van der Waals surface area contributed by atoms with Crippen LogP contribution in [-0.4, -0.2) is 48.2 Å². The number of aliphatic carboxylic acids is 1.